The lowest BCUT2D eigenvalue weighted by Gasteiger charge is -2.29. The Labute approximate surface area is 147 Å². The second-order valence-electron chi connectivity index (χ2n) is 6.51. The molecule has 1 aromatic rings. The number of rotatable bonds is 6. The highest BCUT2D eigenvalue weighted by Crippen LogP contribution is 2.16. The molecular formula is C17H26N2O6. The van der Waals surface area contributed by atoms with E-state index in [2.05, 4.69) is 0 Å². The van der Waals surface area contributed by atoms with Gasteiger partial charge in [-0.05, 0) is 38.5 Å². The predicted octanol–water partition coefficient (Wildman–Crippen LogP) is 2.12. The van der Waals surface area contributed by atoms with E-state index in [9.17, 15) is 14.7 Å². The molecule has 0 saturated heterocycles. The normalized spacial score (nSPS) is 12.6. The molecule has 1 aromatic carbocycles. The maximum Gasteiger partial charge on any atom is 0.528 e. The molecule has 1 atom stereocenters. The first kappa shape index (κ1) is 20.7. The molecule has 0 aliphatic heterocycles. The first-order valence-electron chi connectivity index (χ1n) is 7.77. The minimum atomic E-state index is -0.904. The molecule has 0 bridgehead atoms. The average molecular weight is 354 g/mol. The zero-order valence-corrected chi connectivity index (χ0v) is 15.5. The highest BCUT2D eigenvalue weighted by atomic mass is 16.8. The number of hydrogen-bond donors (Lipinski definition) is 1. The van der Waals surface area contributed by atoms with Gasteiger partial charge in [-0.2, -0.15) is 0 Å². The van der Waals surface area contributed by atoms with Gasteiger partial charge in [-0.25, -0.2) is 9.86 Å². The molecule has 0 heterocycles. The molecule has 0 saturated carbocycles. The summed E-state index contributed by atoms with van der Waals surface area (Å²) in [5.41, 5.74) is 0.0674. The summed E-state index contributed by atoms with van der Waals surface area (Å²) in [4.78, 5) is 34.4. The van der Waals surface area contributed by atoms with E-state index in [1.165, 1.54) is 33.3 Å². The van der Waals surface area contributed by atoms with Gasteiger partial charge in [-0.3, -0.25) is 9.63 Å². The third-order valence-electron chi connectivity index (χ3n) is 3.28. The standard InChI is InChI=1S/C17H26N2O6/c1-17(2,3)24-16(22)25-18(4)14(15(21)19(5)23-6)11-12-7-9-13(20)10-8-12/h7-10,14,20H,11H2,1-6H3/t14-/m0/s1. The van der Waals surface area contributed by atoms with Gasteiger partial charge in [0.15, 0.2) is 0 Å². The summed E-state index contributed by atoms with van der Waals surface area (Å²) in [6, 6.07) is 5.58. The predicted molar refractivity (Wildman–Crippen MR) is 90.5 cm³/mol. The van der Waals surface area contributed by atoms with Crippen LogP contribution in [-0.2, 0) is 25.6 Å². The molecule has 0 aromatic heterocycles. The summed E-state index contributed by atoms with van der Waals surface area (Å²) < 4.78 is 5.10. The zero-order valence-electron chi connectivity index (χ0n) is 15.5. The Bertz CT molecular complexity index is 582. The molecule has 0 radical (unpaired) electrons. The van der Waals surface area contributed by atoms with Crippen molar-refractivity contribution in [2.24, 2.45) is 0 Å². The smallest absolute Gasteiger partial charge is 0.508 e. The van der Waals surface area contributed by atoms with Crippen molar-refractivity contribution in [3.63, 3.8) is 0 Å². The number of phenolic OH excluding ortho intramolecular Hbond substituents is 1. The van der Waals surface area contributed by atoms with Crippen molar-refractivity contribution in [3.05, 3.63) is 29.8 Å². The number of aromatic hydroxyl groups is 1. The van der Waals surface area contributed by atoms with Crippen LogP contribution in [-0.4, -0.2) is 60.1 Å². The van der Waals surface area contributed by atoms with Crippen LogP contribution in [0.25, 0.3) is 0 Å². The molecule has 1 N–H and O–H groups in total. The molecule has 0 aliphatic rings. The summed E-state index contributed by atoms with van der Waals surface area (Å²) in [5, 5.41) is 11.6. The molecule has 0 spiro atoms. The molecule has 8 nitrogen and oxygen atoms in total. The van der Waals surface area contributed by atoms with Crippen LogP contribution < -0.4 is 0 Å². The van der Waals surface area contributed by atoms with Crippen molar-refractivity contribution in [2.45, 2.75) is 38.8 Å². The number of carbonyl (C=O) groups excluding carboxylic acids is 2. The molecule has 0 unspecified atom stereocenters. The third-order valence-corrected chi connectivity index (χ3v) is 3.28. The van der Waals surface area contributed by atoms with Gasteiger partial charge in [0.1, 0.15) is 17.4 Å². The molecule has 1 amide bonds. The zero-order chi connectivity index (χ0) is 19.2. The van der Waals surface area contributed by atoms with Crippen LogP contribution in [0, 0.1) is 0 Å². The summed E-state index contributed by atoms with van der Waals surface area (Å²) in [6.07, 6.45) is -0.662. The molecular weight excluding hydrogens is 328 g/mol. The monoisotopic (exact) mass is 354 g/mol. The molecule has 8 heteroatoms. The Morgan fingerprint density at radius 1 is 1.16 bits per heavy atom. The van der Waals surface area contributed by atoms with Crippen LogP contribution in [0.2, 0.25) is 0 Å². The molecule has 25 heavy (non-hydrogen) atoms. The first-order valence-corrected chi connectivity index (χ1v) is 7.77. The van der Waals surface area contributed by atoms with E-state index in [-0.39, 0.29) is 12.2 Å². The van der Waals surface area contributed by atoms with Crippen LogP contribution in [0.1, 0.15) is 26.3 Å². The Hall–Kier alpha value is -2.32. The fourth-order valence-electron chi connectivity index (χ4n) is 1.98. The second kappa shape index (κ2) is 8.68. The Morgan fingerprint density at radius 2 is 1.72 bits per heavy atom. The van der Waals surface area contributed by atoms with Gasteiger partial charge in [0.05, 0.1) is 7.11 Å². The molecule has 140 valence electrons. The van der Waals surface area contributed by atoms with Gasteiger partial charge < -0.3 is 14.7 Å². The van der Waals surface area contributed by atoms with E-state index < -0.39 is 23.7 Å². The van der Waals surface area contributed by atoms with Gasteiger partial charge >= 0.3 is 6.16 Å². The van der Waals surface area contributed by atoms with Crippen LogP contribution >= 0.6 is 0 Å². The van der Waals surface area contributed by atoms with Gasteiger partial charge in [-0.15, -0.1) is 5.06 Å². The van der Waals surface area contributed by atoms with E-state index in [1.807, 2.05) is 0 Å². The van der Waals surface area contributed by atoms with Crippen molar-refractivity contribution in [1.82, 2.24) is 10.1 Å². The summed E-state index contributed by atoms with van der Waals surface area (Å²) in [5.74, 6) is -0.277. The van der Waals surface area contributed by atoms with E-state index in [0.29, 0.717) is 0 Å². The highest BCUT2D eigenvalue weighted by molar-refractivity contribution is 5.81. The number of amides is 1. The topological polar surface area (TPSA) is 88.5 Å². The van der Waals surface area contributed by atoms with Crippen molar-refractivity contribution < 1.29 is 29.1 Å². The lowest BCUT2D eigenvalue weighted by molar-refractivity contribution is -0.194. The van der Waals surface area contributed by atoms with E-state index in [0.717, 1.165) is 15.7 Å². The average Bonchev–Trinajstić information content (AvgIpc) is 2.50. The Kier molecular flexibility index (Phi) is 7.20. The number of hydrogen-bond acceptors (Lipinski definition) is 7. The molecule has 0 fully saturated rings. The number of ether oxygens (including phenoxy) is 1. The number of benzene rings is 1. The molecule has 1 rings (SSSR count). The first-order chi connectivity index (χ1) is 11.5. The van der Waals surface area contributed by atoms with Crippen molar-refractivity contribution >= 4 is 12.1 Å². The Morgan fingerprint density at radius 3 is 2.20 bits per heavy atom. The lowest BCUT2D eigenvalue weighted by Crippen LogP contribution is -2.48. The summed E-state index contributed by atoms with van der Waals surface area (Å²) in [7, 11) is 4.30. The van der Waals surface area contributed by atoms with Crippen molar-refractivity contribution in [3.8, 4) is 5.75 Å². The van der Waals surface area contributed by atoms with Crippen LogP contribution in [0.15, 0.2) is 24.3 Å². The number of carbonyl (C=O) groups is 2. The van der Waals surface area contributed by atoms with Gasteiger partial charge in [-0.1, -0.05) is 12.1 Å². The van der Waals surface area contributed by atoms with Crippen molar-refractivity contribution in [1.29, 1.82) is 0 Å². The summed E-state index contributed by atoms with van der Waals surface area (Å²) >= 11 is 0. The highest BCUT2D eigenvalue weighted by Gasteiger charge is 2.31. The maximum absolute atomic E-state index is 12.5. The van der Waals surface area contributed by atoms with Crippen molar-refractivity contribution in [2.75, 3.05) is 21.2 Å². The number of likely N-dealkylation sites (N-methyl/N-ethyl adjacent to an activating group) is 2. The van der Waals surface area contributed by atoms with Gasteiger partial charge in [0.2, 0.25) is 0 Å². The van der Waals surface area contributed by atoms with E-state index in [4.69, 9.17) is 14.4 Å². The van der Waals surface area contributed by atoms with Gasteiger partial charge in [0.25, 0.3) is 5.91 Å². The fraction of sp³-hybridized carbons (Fsp3) is 0.529. The maximum atomic E-state index is 12.5. The van der Waals surface area contributed by atoms with Gasteiger partial charge in [0, 0.05) is 20.5 Å². The van der Waals surface area contributed by atoms with Crippen LogP contribution in [0.4, 0.5) is 4.79 Å². The summed E-state index contributed by atoms with van der Waals surface area (Å²) in [6.45, 7) is 5.14. The van der Waals surface area contributed by atoms with E-state index in [1.54, 1.807) is 32.9 Å². The SMILES string of the molecule is CON(C)C(=O)[C@H](Cc1ccc(O)cc1)N(C)OC(=O)OC(C)(C)C. The molecule has 0 aliphatic carbocycles. The number of nitrogens with zero attached hydrogens (tertiary/aromatic N) is 2. The van der Waals surface area contributed by atoms with Crippen LogP contribution in [0.3, 0.4) is 0 Å². The minimum Gasteiger partial charge on any atom is -0.508 e. The van der Waals surface area contributed by atoms with E-state index >= 15 is 0 Å². The second-order valence-corrected chi connectivity index (χ2v) is 6.51. The third kappa shape index (κ3) is 6.98. The minimum absolute atomic E-state index is 0.124. The lowest BCUT2D eigenvalue weighted by atomic mass is 10.1. The van der Waals surface area contributed by atoms with Crippen LogP contribution in [0.5, 0.6) is 5.75 Å². The largest absolute Gasteiger partial charge is 0.528 e. The number of phenols is 1. The Balaban J connectivity index is 2.91. The quantitative estimate of drug-likeness (QED) is 0.618. The fourth-order valence-corrected chi connectivity index (χ4v) is 1.98. The number of hydroxylamine groups is 4.